The highest BCUT2D eigenvalue weighted by Crippen LogP contribution is 2.27. The topological polar surface area (TPSA) is 50.1 Å². The summed E-state index contributed by atoms with van der Waals surface area (Å²) in [6.07, 6.45) is 2.36. The van der Waals surface area contributed by atoms with Crippen LogP contribution in [0.15, 0.2) is 24.3 Å². The number of hydrogen-bond donors (Lipinski definition) is 3. The monoisotopic (exact) mass is 191 g/mol. The summed E-state index contributed by atoms with van der Waals surface area (Å²) in [6, 6.07) is 8.10. The molecule has 0 bridgehead atoms. The first-order valence-corrected chi connectivity index (χ1v) is 5.07. The van der Waals surface area contributed by atoms with Gasteiger partial charge in [-0.15, -0.1) is 0 Å². The standard InChI is InChI=1S/C11H17N3/c1-11(7-2-8-13-14-11)9-3-5-10(12)6-4-9/h3-6,13-14H,2,7-8,12H2,1H3. The highest BCUT2D eigenvalue weighted by Gasteiger charge is 2.27. The summed E-state index contributed by atoms with van der Waals surface area (Å²) in [5, 5.41) is 0. The predicted octanol–water partition coefficient (Wildman–Crippen LogP) is 1.37. The van der Waals surface area contributed by atoms with E-state index in [-0.39, 0.29) is 5.54 Å². The summed E-state index contributed by atoms with van der Waals surface area (Å²) >= 11 is 0. The Morgan fingerprint density at radius 1 is 1.29 bits per heavy atom. The Morgan fingerprint density at radius 2 is 2.00 bits per heavy atom. The molecule has 76 valence electrons. The summed E-state index contributed by atoms with van der Waals surface area (Å²) in [6.45, 7) is 3.26. The molecule has 0 amide bonds. The van der Waals surface area contributed by atoms with Crippen LogP contribution in [0.4, 0.5) is 5.69 Å². The van der Waals surface area contributed by atoms with E-state index in [9.17, 15) is 0 Å². The molecule has 3 heteroatoms. The van der Waals surface area contributed by atoms with E-state index in [1.54, 1.807) is 0 Å². The van der Waals surface area contributed by atoms with Crippen molar-refractivity contribution < 1.29 is 0 Å². The minimum absolute atomic E-state index is 0.0476. The summed E-state index contributed by atoms with van der Waals surface area (Å²) in [7, 11) is 0. The molecule has 3 nitrogen and oxygen atoms in total. The summed E-state index contributed by atoms with van der Waals surface area (Å²) in [5.74, 6) is 0. The summed E-state index contributed by atoms with van der Waals surface area (Å²) in [4.78, 5) is 0. The number of benzene rings is 1. The van der Waals surface area contributed by atoms with Crippen LogP contribution >= 0.6 is 0 Å². The lowest BCUT2D eigenvalue weighted by Gasteiger charge is -2.35. The third kappa shape index (κ3) is 1.74. The molecule has 1 saturated heterocycles. The second-order valence-corrected chi connectivity index (χ2v) is 4.11. The Hall–Kier alpha value is -1.06. The SMILES string of the molecule is CC1(c2ccc(N)cc2)CCCNN1. The maximum atomic E-state index is 5.66. The zero-order valence-corrected chi connectivity index (χ0v) is 8.51. The molecular formula is C11H17N3. The highest BCUT2D eigenvalue weighted by atomic mass is 15.4. The Balaban J connectivity index is 2.23. The van der Waals surface area contributed by atoms with Crippen molar-refractivity contribution in [3.63, 3.8) is 0 Å². The molecule has 0 aromatic heterocycles. The third-order valence-electron chi connectivity index (χ3n) is 2.89. The Kier molecular flexibility index (Phi) is 2.44. The second kappa shape index (κ2) is 3.59. The van der Waals surface area contributed by atoms with Crippen LogP contribution in [0.5, 0.6) is 0 Å². The Morgan fingerprint density at radius 3 is 2.57 bits per heavy atom. The van der Waals surface area contributed by atoms with Crippen molar-refractivity contribution in [3.05, 3.63) is 29.8 Å². The van der Waals surface area contributed by atoms with Crippen molar-refractivity contribution in [1.29, 1.82) is 0 Å². The van der Waals surface area contributed by atoms with E-state index in [2.05, 4.69) is 29.9 Å². The van der Waals surface area contributed by atoms with Crippen LogP contribution in [-0.4, -0.2) is 6.54 Å². The van der Waals surface area contributed by atoms with Gasteiger partial charge >= 0.3 is 0 Å². The van der Waals surface area contributed by atoms with Crippen molar-refractivity contribution in [1.82, 2.24) is 10.9 Å². The molecule has 1 atom stereocenters. The normalized spacial score (nSPS) is 27.5. The minimum atomic E-state index is 0.0476. The van der Waals surface area contributed by atoms with Gasteiger partial charge in [0.1, 0.15) is 0 Å². The van der Waals surface area contributed by atoms with Crippen LogP contribution in [0, 0.1) is 0 Å². The molecule has 1 heterocycles. The van der Waals surface area contributed by atoms with Gasteiger partial charge in [0.2, 0.25) is 0 Å². The predicted molar refractivity (Wildman–Crippen MR) is 58.6 cm³/mol. The van der Waals surface area contributed by atoms with Gasteiger partial charge in [0.25, 0.3) is 0 Å². The molecule has 14 heavy (non-hydrogen) atoms. The van der Waals surface area contributed by atoms with Crippen LogP contribution in [0.2, 0.25) is 0 Å². The van der Waals surface area contributed by atoms with E-state index in [1.165, 1.54) is 12.0 Å². The van der Waals surface area contributed by atoms with Crippen LogP contribution in [0.25, 0.3) is 0 Å². The molecule has 2 rings (SSSR count). The van der Waals surface area contributed by atoms with Gasteiger partial charge in [0.15, 0.2) is 0 Å². The molecular weight excluding hydrogens is 174 g/mol. The van der Waals surface area contributed by atoms with E-state index in [4.69, 9.17) is 5.73 Å². The molecule has 0 saturated carbocycles. The number of nitrogens with two attached hydrogens (primary N) is 1. The van der Waals surface area contributed by atoms with Crippen molar-refractivity contribution in [2.45, 2.75) is 25.3 Å². The highest BCUT2D eigenvalue weighted by molar-refractivity contribution is 5.41. The number of nitrogen functional groups attached to an aromatic ring is 1. The molecule has 0 aliphatic carbocycles. The molecule has 1 aromatic carbocycles. The average molecular weight is 191 g/mol. The fraction of sp³-hybridized carbons (Fsp3) is 0.455. The lowest BCUT2D eigenvalue weighted by molar-refractivity contribution is 0.238. The zero-order valence-electron chi connectivity index (χ0n) is 8.51. The van der Waals surface area contributed by atoms with Crippen molar-refractivity contribution in [2.24, 2.45) is 0 Å². The molecule has 1 unspecified atom stereocenters. The summed E-state index contributed by atoms with van der Waals surface area (Å²) < 4.78 is 0. The first-order chi connectivity index (χ1) is 6.71. The maximum Gasteiger partial charge on any atom is 0.0544 e. The van der Waals surface area contributed by atoms with Crippen molar-refractivity contribution in [2.75, 3.05) is 12.3 Å². The van der Waals surface area contributed by atoms with Gasteiger partial charge < -0.3 is 5.73 Å². The molecule has 0 radical (unpaired) electrons. The van der Waals surface area contributed by atoms with Crippen LogP contribution < -0.4 is 16.6 Å². The number of hydrazine groups is 1. The van der Waals surface area contributed by atoms with Gasteiger partial charge in [-0.1, -0.05) is 12.1 Å². The lowest BCUT2D eigenvalue weighted by atomic mass is 9.87. The number of hydrogen-bond acceptors (Lipinski definition) is 3. The molecule has 1 aliphatic rings. The smallest absolute Gasteiger partial charge is 0.0544 e. The first kappa shape index (κ1) is 9.49. The Labute approximate surface area is 84.7 Å². The molecule has 1 aromatic rings. The van der Waals surface area contributed by atoms with Crippen molar-refractivity contribution >= 4 is 5.69 Å². The quantitative estimate of drug-likeness (QED) is 0.588. The van der Waals surface area contributed by atoms with Gasteiger partial charge in [-0.25, -0.2) is 5.43 Å². The molecule has 0 spiro atoms. The fourth-order valence-electron chi connectivity index (χ4n) is 1.92. The van der Waals surface area contributed by atoms with Gasteiger partial charge in [-0.05, 0) is 37.5 Å². The largest absolute Gasteiger partial charge is 0.399 e. The zero-order chi connectivity index (χ0) is 10.0. The number of anilines is 1. The van der Waals surface area contributed by atoms with Crippen LogP contribution in [-0.2, 0) is 5.54 Å². The summed E-state index contributed by atoms with van der Waals surface area (Å²) in [5.41, 5.74) is 14.4. The van der Waals surface area contributed by atoms with E-state index < -0.39 is 0 Å². The van der Waals surface area contributed by atoms with Crippen LogP contribution in [0.1, 0.15) is 25.3 Å². The lowest BCUT2D eigenvalue weighted by Crippen LogP contribution is -2.52. The van der Waals surface area contributed by atoms with E-state index >= 15 is 0 Å². The maximum absolute atomic E-state index is 5.66. The molecule has 4 N–H and O–H groups in total. The average Bonchev–Trinajstić information content (AvgIpc) is 2.19. The van der Waals surface area contributed by atoms with E-state index in [0.717, 1.165) is 18.7 Å². The Bertz CT molecular complexity index is 299. The second-order valence-electron chi connectivity index (χ2n) is 4.11. The third-order valence-corrected chi connectivity index (χ3v) is 2.89. The fourth-order valence-corrected chi connectivity index (χ4v) is 1.92. The van der Waals surface area contributed by atoms with Gasteiger partial charge in [-0.2, -0.15) is 0 Å². The van der Waals surface area contributed by atoms with E-state index in [1.807, 2.05) is 12.1 Å². The first-order valence-electron chi connectivity index (χ1n) is 5.07. The van der Waals surface area contributed by atoms with Crippen LogP contribution in [0.3, 0.4) is 0 Å². The number of nitrogens with one attached hydrogen (secondary N) is 2. The van der Waals surface area contributed by atoms with E-state index in [0.29, 0.717) is 0 Å². The molecule has 1 fully saturated rings. The van der Waals surface area contributed by atoms with Gasteiger partial charge in [-0.3, -0.25) is 5.43 Å². The minimum Gasteiger partial charge on any atom is -0.399 e. The van der Waals surface area contributed by atoms with Crippen molar-refractivity contribution in [3.8, 4) is 0 Å². The van der Waals surface area contributed by atoms with Gasteiger partial charge in [0.05, 0.1) is 5.54 Å². The number of rotatable bonds is 1. The molecule has 1 aliphatic heterocycles. The van der Waals surface area contributed by atoms with Gasteiger partial charge in [0, 0.05) is 12.2 Å².